The fraction of sp³-hybridized carbons (Fsp3) is 0.500. The van der Waals surface area contributed by atoms with Crippen molar-refractivity contribution >= 4 is 0 Å². The molecule has 0 amide bonds. The van der Waals surface area contributed by atoms with Crippen LogP contribution in [-0.4, -0.2) is 26.4 Å². The third-order valence-electron chi connectivity index (χ3n) is 1.98. The van der Waals surface area contributed by atoms with Gasteiger partial charge in [-0.15, -0.1) is 0 Å². The number of nitrogens with two attached hydrogens (primary N) is 1. The van der Waals surface area contributed by atoms with Crippen molar-refractivity contribution in [3.63, 3.8) is 0 Å². The van der Waals surface area contributed by atoms with E-state index in [-0.39, 0.29) is 0 Å². The number of hydrogen-bond acceptors (Lipinski definition) is 3. The van der Waals surface area contributed by atoms with E-state index in [4.69, 9.17) is 15.2 Å². The summed E-state index contributed by atoms with van der Waals surface area (Å²) in [6.45, 7) is 2.76. The first-order valence-corrected chi connectivity index (χ1v) is 5.39. The van der Waals surface area contributed by atoms with Crippen LogP contribution in [0.2, 0.25) is 0 Å². The average Bonchev–Trinajstić information content (AvgIpc) is 2.29. The molecule has 0 atom stereocenters. The lowest BCUT2D eigenvalue weighted by atomic mass is 10.3. The molecule has 0 radical (unpaired) electrons. The van der Waals surface area contributed by atoms with Gasteiger partial charge in [0.05, 0.1) is 6.61 Å². The molecule has 0 aromatic heterocycles. The van der Waals surface area contributed by atoms with Gasteiger partial charge in [-0.25, -0.2) is 0 Å². The molecule has 0 heterocycles. The van der Waals surface area contributed by atoms with Crippen molar-refractivity contribution in [2.24, 2.45) is 5.73 Å². The van der Waals surface area contributed by atoms with E-state index >= 15 is 0 Å². The van der Waals surface area contributed by atoms with Gasteiger partial charge in [0.25, 0.3) is 0 Å². The highest BCUT2D eigenvalue weighted by Crippen LogP contribution is 2.07. The van der Waals surface area contributed by atoms with Gasteiger partial charge in [-0.2, -0.15) is 0 Å². The van der Waals surface area contributed by atoms with Crippen LogP contribution >= 0.6 is 0 Å². The third kappa shape index (κ3) is 6.10. The van der Waals surface area contributed by atoms with Crippen LogP contribution in [0.4, 0.5) is 0 Å². The Bertz CT molecular complexity index is 239. The molecule has 0 aliphatic carbocycles. The molecule has 84 valence electrons. The van der Waals surface area contributed by atoms with Crippen LogP contribution < -0.4 is 10.5 Å². The van der Waals surface area contributed by atoms with Gasteiger partial charge in [0.15, 0.2) is 0 Å². The van der Waals surface area contributed by atoms with E-state index in [1.807, 2.05) is 30.3 Å². The molecule has 2 N–H and O–H groups in total. The second kappa shape index (κ2) is 8.26. The Labute approximate surface area is 91.2 Å². The number of unbranched alkanes of at least 4 members (excludes halogenated alkanes) is 1. The quantitative estimate of drug-likeness (QED) is 0.664. The van der Waals surface area contributed by atoms with Crippen molar-refractivity contribution in [2.45, 2.75) is 12.8 Å². The minimum atomic E-state index is 0.604. The van der Waals surface area contributed by atoms with E-state index in [1.54, 1.807) is 0 Å². The third-order valence-corrected chi connectivity index (χ3v) is 1.98. The number of hydrogen-bond donors (Lipinski definition) is 1. The lowest BCUT2D eigenvalue weighted by Crippen LogP contribution is -2.08. The number of para-hydroxylation sites is 1. The molecule has 0 aliphatic rings. The predicted molar refractivity (Wildman–Crippen MR) is 61.0 cm³/mol. The van der Waals surface area contributed by atoms with E-state index in [0.29, 0.717) is 13.2 Å². The fourth-order valence-electron chi connectivity index (χ4n) is 1.19. The van der Waals surface area contributed by atoms with Crippen molar-refractivity contribution in [1.82, 2.24) is 0 Å². The second-order valence-electron chi connectivity index (χ2n) is 3.27. The summed E-state index contributed by atoms with van der Waals surface area (Å²) < 4.78 is 10.8. The average molecular weight is 209 g/mol. The molecule has 0 unspecified atom stereocenters. The van der Waals surface area contributed by atoms with Gasteiger partial charge in [0, 0.05) is 6.61 Å². The van der Waals surface area contributed by atoms with Crippen LogP contribution in [-0.2, 0) is 4.74 Å². The Balaban J connectivity index is 1.93. The largest absolute Gasteiger partial charge is 0.491 e. The topological polar surface area (TPSA) is 44.5 Å². The van der Waals surface area contributed by atoms with E-state index < -0.39 is 0 Å². The summed E-state index contributed by atoms with van der Waals surface area (Å²) in [6, 6.07) is 9.76. The lowest BCUT2D eigenvalue weighted by Gasteiger charge is -2.06. The SMILES string of the molecule is NCCCCOCCOc1ccccc1. The zero-order valence-corrected chi connectivity index (χ0v) is 9.02. The Morgan fingerprint density at radius 3 is 2.47 bits per heavy atom. The van der Waals surface area contributed by atoms with Gasteiger partial charge in [-0.05, 0) is 31.5 Å². The van der Waals surface area contributed by atoms with Crippen molar-refractivity contribution in [1.29, 1.82) is 0 Å². The number of benzene rings is 1. The zero-order chi connectivity index (χ0) is 10.8. The highest BCUT2D eigenvalue weighted by molar-refractivity contribution is 5.20. The van der Waals surface area contributed by atoms with Crippen LogP contribution in [0.3, 0.4) is 0 Å². The Morgan fingerprint density at radius 1 is 0.933 bits per heavy atom. The van der Waals surface area contributed by atoms with Crippen molar-refractivity contribution < 1.29 is 9.47 Å². The molecule has 3 heteroatoms. The summed E-state index contributed by atoms with van der Waals surface area (Å²) in [7, 11) is 0. The molecule has 0 fully saturated rings. The van der Waals surface area contributed by atoms with E-state index in [0.717, 1.165) is 31.7 Å². The summed E-state index contributed by atoms with van der Waals surface area (Å²) in [6.07, 6.45) is 2.06. The first-order chi connectivity index (χ1) is 7.43. The van der Waals surface area contributed by atoms with Gasteiger partial charge < -0.3 is 15.2 Å². The maximum absolute atomic E-state index is 5.46. The van der Waals surface area contributed by atoms with Crippen LogP contribution in [0.25, 0.3) is 0 Å². The molecule has 0 saturated heterocycles. The molecule has 0 spiro atoms. The smallest absolute Gasteiger partial charge is 0.119 e. The van der Waals surface area contributed by atoms with Crippen LogP contribution in [0.15, 0.2) is 30.3 Å². The molecular weight excluding hydrogens is 190 g/mol. The Hall–Kier alpha value is -1.06. The molecule has 0 saturated carbocycles. The van der Waals surface area contributed by atoms with Crippen molar-refractivity contribution in [3.05, 3.63) is 30.3 Å². The van der Waals surface area contributed by atoms with Gasteiger partial charge in [0.2, 0.25) is 0 Å². The second-order valence-corrected chi connectivity index (χ2v) is 3.27. The van der Waals surface area contributed by atoms with Gasteiger partial charge in [-0.3, -0.25) is 0 Å². The predicted octanol–water partition coefficient (Wildman–Crippen LogP) is 1.82. The zero-order valence-electron chi connectivity index (χ0n) is 9.02. The van der Waals surface area contributed by atoms with E-state index in [9.17, 15) is 0 Å². The summed E-state index contributed by atoms with van der Waals surface area (Å²) in [4.78, 5) is 0. The molecule has 1 aromatic carbocycles. The van der Waals surface area contributed by atoms with Gasteiger partial charge in [0.1, 0.15) is 12.4 Å². The first-order valence-electron chi connectivity index (χ1n) is 5.39. The summed E-state index contributed by atoms with van der Waals surface area (Å²) >= 11 is 0. The maximum atomic E-state index is 5.46. The molecule has 3 nitrogen and oxygen atoms in total. The summed E-state index contributed by atoms with van der Waals surface area (Å²) in [5.74, 6) is 0.892. The van der Waals surface area contributed by atoms with Crippen LogP contribution in [0, 0.1) is 0 Å². The van der Waals surface area contributed by atoms with Crippen molar-refractivity contribution in [3.8, 4) is 5.75 Å². The van der Waals surface area contributed by atoms with E-state index in [1.165, 1.54) is 0 Å². The Morgan fingerprint density at radius 2 is 1.73 bits per heavy atom. The minimum absolute atomic E-state index is 0.604. The molecule has 0 bridgehead atoms. The summed E-state index contributed by atoms with van der Waals surface area (Å²) in [5.41, 5.74) is 5.37. The minimum Gasteiger partial charge on any atom is -0.491 e. The standard InChI is InChI=1S/C12H19NO2/c13-8-4-5-9-14-10-11-15-12-6-2-1-3-7-12/h1-3,6-7H,4-5,8-11,13H2. The molecular formula is C12H19NO2. The van der Waals surface area contributed by atoms with Crippen LogP contribution in [0.1, 0.15) is 12.8 Å². The normalized spacial score (nSPS) is 10.2. The number of rotatable bonds is 8. The molecule has 15 heavy (non-hydrogen) atoms. The van der Waals surface area contributed by atoms with Gasteiger partial charge >= 0.3 is 0 Å². The number of ether oxygens (including phenoxy) is 2. The fourth-order valence-corrected chi connectivity index (χ4v) is 1.19. The monoisotopic (exact) mass is 209 g/mol. The van der Waals surface area contributed by atoms with Gasteiger partial charge in [-0.1, -0.05) is 18.2 Å². The first kappa shape index (κ1) is 12.0. The summed E-state index contributed by atoms with van der Waals surface area (Å²) in [5, 5.41) is 0. The van der Waals surface area contributed by atoms with Crippen molar-refractivity contribution in [2.75, 3.05) is 26.4 Å². The molecule has 0 aliphatic heterocycles. The highest BCUT2D eigenvalue weighted by Gasteiger charge is 1.92. The Kier molecular flexibility index (Phi) is 6.62. The molecule has 1 aromatic rings. The van der Waals surface area contributed by atoms with E-state index in [2.05, 4.69) is 0 Å². The van der Waals surface area contributed by atoms with Crippen LogP contribution in [0.5, 0.6) is 5.75 Å². The molecule has 1 rings (SSSR count). The maximum Gasteiger partial charge on any atom is 0.119 e. The highest BCUT2D eigenvalue weighted by atomic mass is 16.5. The lowest BCUT2D eigenvalue weighted by molar-refractivity contribution is 0.0977.